The van der Waals surface area contributed by atoms with Crippen LogP contribution < -0.4 is 10.1 Å². The number of benzene rings is 1. The number of hydrogen-bond donors (Lipinski definition) is 1. The summed E-state index contributed by atoms with van der Waals surface area (Å²) in [5.41, 5.74) is 0.948. The minimum atomic E-state index is -0.489. The van der Waals surface area contributed by atoms with Gasteiger partial charge in [0.2, 0.25) is 5.91 Å². The molecule has 1 amide bonds. The van der Waals surface area contributed by atoms with Gasteiger partial charge in [-0.1, -0.05) is 6.07 Å². The third-order valence-corrected chi connectivity index (χ3v) is 2.78. The summed E-state index contributed by atoms with van der Waals surface area (Å²) in [7, 11) is 1.49. The number of nitrogens with zero attached hydrogens (tertiary/aromatic N) is 1. The van der Waals surface area contributed by atoms with Crippen LogP contribution in [0.4, 0.5) is 10.1 Å². The highest BCUT2D eigenvalue weighted by Gasteiger charge is 2.08. The van der Waals surface area contributed by atoms with Crippen LogP contribution in [0.15, 0.2) is 42.6 Å². The van der Waals surface area contributed by atoms with E-state index in [0.717, 1.165) is 5.69 Å². The number of nitrogens with one attached hydrogen (secondary N) is 1. The van der Waals surface area contributed by atoms with Crippen molar-refractivity contribution in [2.75, 3.05) is 12.4 Å². The third-order valence-electron chi connectivity index (χ3n) is 2.78. The highest BCUT2D eigenvalue weighted by atomic mass is 19.1. The quantitative estimate of drug-likeness (QED) is 0.912. The molecule has 0 unspecified atom stereocenters. The predicted octanol–water partition coefficient (Wildman–Crippen LogP) is 2.80. The van der Waals surface area contributed by atoms with Crippen molar-refractivity contribution in [2.45, 2.75) is 12.8 Å². The Bertz CT molecular complexity index is 588. The molecule has 0 saturated heterocycles. The molecule has 104 valence electrons. The van der Waals surface area contributed by atoms with E-state index in [-0.39, 0.29) is 18.0 Å². The summed E-state index contributed by atoms with van der Waals surface area (Å²) in [4.78, 5) is 15.9. The summed E-state index contributed by atoms with van der Waals surface area (Å²) in [6.07, 6.45) is 2.43. The number of halogens is 1. The molecule has 0 spiro atoms. The van der Waals surface area contributed by atoms with Crippen molar-refractivity contribution in [1.29, 1.82) is 0 Å². The van der Waals surface area contributed by atoms with E-state index in [1.807, 2.05) is 18.2 Å². The fourth-order valence-corrected chi connectivity index (χ4v) is 1.73. The molecule has 2 rings (SSSR count). The number of rotatable bonds is 5. The van der Waals surface area contributed by atoms with Crippen LogP contribution in [0.1, 0.15) is 12.1 Å². The molecule has 0 aliphatic rings. The summed E-state index contributed by atoms with van der Waals surface area (Å²) in [5, 5.41) is 2.53. The van der Waals surface area contributed by atoms with Gasteiger partial charge in [-0.3, -0.25) is 9.78 Å². The maximum absolute atomic E-state index is 13.5. The van der Waals surface area contributed by atoms with E-state index in [0.29, 0.717) is 12.2 Å². The molecule has 1 aromatic heterocycles. The molecule has 1 N–H and O–H groups in total. The number of carbonyl (C=O) groups excluding carboxylic acids is 1. The van der Waals surface area contributed by atoms with Crippen LogP contribution in [0.2, 0.25) is 0 Å². The zero-order valence-corrected chi connectivity index (χ0v) is 11.1. The number of aromatic nitrogens is 1. The fourth-order valence-electron chi connectivity index (χ4n) is 1.73. The van der Waals surface area contributed by atoms with Crippen molar-refractivity contribution in [2.24, 2.45) is 0 Å². The number of carbonyl (C=O) groups is 1. The average molecular weight is 274 g/mol. The molecule has 1 heterocycles. The number of hydrogen-bond acceptors (Lipinski definition) is 3. The highest BCUT2D eigenvalue weighted by Crippen LogP contribution is 2.21. The van der Waals surface area contributed by atoms with Crippen molar-refractivity contribution < 1.29 is 13.9 Å². The zero-order chi connectivity index (χ0) is 14.4. The lowest BCUT2D eigenvalue weighted by atomic mass is 10.2. The van der Waals surface area contributed by atoms with Crippen LogP contribution in [-0.2, 0) is 11.2 Å². The standard InChI is InChI=1S/C15H15FN2O2/c1-20-12-6-7-13(16)14(10-12)18-15(19)8-5-11-4-2-3-9-17-11/h2-4,6-7,9-10H,5,8H2,1H3,(H,18,19). The van der Waals surface area contributed by atoms with Crippen molar-refractivity contribution >= 4 is 11.6 Å². The van der Waals surface area contributed by atoms with Crippen molar-refractivity contribution in [3.63, 3.8) is 0 Å². The number of methoxy groups -OCH3 is 1. The smallest absolute Gasteiger partial charge is 0.224 e. The van der Waals surface area contributed by atoms with Gasteiger partial charge in [0, 0.05) is 24.4 Å². The second kappa shape index (κ2) is 6.65. The SMILES string of the molecule is COc1ccc(F)c(NC(=O)CCc2ccccn2)c1. The summed E-state index contributed by atoms with van der Waals surface area (Å²) >= 11 is 0. The molecule has 0 radical (unpaired) electrons. The molecule has 1 aromatic carbocycles. The van der Waals surface area contributed by atoms with Crippen molar-refractivity contribution in [3.8, 4) is 5.75 Å². The number of anilines is 1. The summed E-state index contributed by atoms with van der Waals surface area (Å²) < 4.78 is 18.5. The van der Waals surface area contributed by atoms with E-state index in [1.165, 1.54) is 25.3 Å². The van der Waals surface area contributed by atoms with E-state index in [4.69, 9.17) is 4.74 Å². The van der Waals surface area contributed by atoms with Gasteiger partial charge in [0.25, 0.3) is 0 Å². The molecular formula is C15H15FN2O2. The Labute approximate surface area is 116 Å². The predicted molar refractivity (Wildman–Crippen MR) is 74.1 cm³/mol. The van der Waals surface area contributed by atoms with Crippen molar-refractivity contribution in [3.05, 3.63) is 54.1 Å². The lowest BCUT2D eigenvalue weighted by molar-refractivity contribution is -0.116. The molecule has 0 aliphatic carbocycles. The summed E-state index contributed by atoms with van der Waals surface area (Å²) in [6, 6.07) is 9.73. The zero-order valence-electron chi connectivity index (χ0n) is 11.1. The van der Waals surface area contributed by atoms with E-state index in [1.54, 1.807) is 6.20 Å². The minimum absolute atomic E-state index is 0.121. The number of ether oxygens (including phenoxy) is 1. The third kappa shape index (κ3) is 3.78. The van der Waals surface area contributed by atoms with Gasteiger partial charge in [-0.2, -0.15) is 0 Å². The van der Waals surface area contributed by atoms with Crippen LogP contribution in [0, 0.1) is 5.82 Å². The van der Waals surface area contributed by atoms with E-state index in [9.17, 15) is 9.18 Å². The van der Waals surface area contributed by atoms with Crippen LogP contribution in [-0.4, -0.2) is 18.0 Å². The van der Waals surface area contributed by atoms with Crippen LogP contribution >= 0.6 is 0 Å². The Hall–Kier alpha value is -2.43. The molecule has 4 nitrogen and oxygen atoms in total. The van der Waals surface area contributed by atoms with Gasteiger partial charge in [-0.05, 0) is 30.7 Å². The number of amides is 1. The molecule has 0 saturated carbocycles. The lowest BCUT2D eigenvalue weighted by Crippen LogP contribution is -2.13. The van der Waals surface area contributed by atoms with Gasteiger partial charge in [-0.15, -0.1) is 0 Å². The molecule has 0 fully saturated rings. The molecule has 0 bridgehead atoms. The van der Waals surface area contributed by atoms with Gasteiger partial charge >= 0.3 is 0 Å². The van der Waals surface area contributed by atoms with Crippen LogP contribution in [0.3, 0.4) is 0 Å². The second-order valence-electron chi connectivity index (χ2n) is 4.22. The van der Waals surface area contributed by atoms with Crippen LogP contribution in [0.25, 0.3) is 0 Å². The van der Waals surface area contributed by atoms with Gasteiger partial charge in [-0.25, -0.2) is 4.39 Å². The molecule has 0 atom stereocenters. The fraction of sp³-hybridized carbons (Fsp3) is 0.200. The lowest BCUT2D eigenvalue weighted by Gasteiger charge is -2.08. The van der Waals surface area contributed by atoms with E-state index in [2.05, 4.69) is 10.3 Å². The molecule has 5 heteroatoms. The Morgan fingerprint density at radius 1 is 1.35 bits per heavy atom. The van der Waals surface area contributed by atoms with Gasteiger partial charge in [0.05, 0.1) is 12.8 Å². The monoisotopic (exact) mass is 274 g/mol. The molecule has 0 aliphatic heterocycles. The summed E-state index contributed by atoms with van der Waals surface area (Å²) in [5.74, 6) is -0.258. The Balaban J connectivity index is 1.94. The first kappa shape index (κ1) is 14.0. The van der Waals surface area contributed by atoms with Gasteiger partial charge < -0.3 is 10.1 Å². The molecule has 20 heavy (non-hydrogen) atoms. The maximum atomic E-state index is 13.5. The Kier molecular flexibility index (Phi) is 4.65. The largest absolute Gasteiger partial charge is 0.497 e. The van der Waals surface area contributed by atoms with E-state index >= 15 is 0 Å². The Morgan fingerprint density at radius 3 is 2.90 bits per heavy atom. The first-order chi connectivity index (χ1) is 9.69. The molecular weight excluding hydrogens is 259 g/mol. The number of aryl methyl sites for hydroxylation is 1. The number of pyridine rings is 1. The Morgan fingerprint density at radius 2 is 2.20 bits per heavy atom. The van der Waals surface area contributed by atoms with Gasteiger partial charge in [0.15, 0.2) is 0 Å². The van der Waals surface area contributed by atoms with E-state index < -0.39 is 5.82 Å². The average Bonchev–Trinajstić information content (AvgIpc) is 2.48. The first-order valence-corrected chi connectivity index (χ1v) is 6.22. The topological polar surface area (TPSA) is 51.2 Å². The minimum Gasteiger partial charge on any atom is -0.497 e. The normalized spacial score (nSPS) is 10.1. The summed E-state index contributed by atoms with van der Waals surface area (Å²) in [6.45, 7) is 0. The maximum Gasteiger partial charge on any atom is 0.224 e. The highest BCUT2D eigenvalue weighted by molar-refractivity contribution is 5.91. The van der Waals surface area contributed by atoms with Crippen LogP contribution in [0.5, 0.6) is 5.75 Å². The first-order valence-electron chi connectivity index (χ1n) is 6.22. The molecule has 2 aromatic rings. The van der Waals surface area contributed by atoms with Gasteiger partial charge in [0.1, 0.15) is 11.6 Å². The second-order valence-corrected chi connectivity index (χ2v) is 4.22. The van der Waals surface area contributed by atoms with Crippen molar-refractivity contribution in [1.82, 2.24) is 4.98 Å².